The van der Waals surface area contributed by atoms with E-state index in [1.807, 2.05) is 0 Å². The zero-order valence-corrected chi connectivity index (χ0v) is 8.17. The average Bonchev–Trinajstić information content (AvgIpc) is 2.40. The second kappa shape index (κ2) is 3.34. The number of thiophene rings is 1. The van der Waals surface area contributed by atoms with E-state index < -0.39 is 0 Å². The maximum Gasteiger partial charge on any atom is 0.0979 e. The molecule has 12 heavy (non-hydrogen) atoms. The lowest BCUT2D eigenvalue weighted by atomic mass is 10.1. The quantitative estimate of drug-likeness (QED) is 0.757. The van der Waals surface area contributed by atoms with Crippen molar-refractivity contribution in [1.29, 1.82) is 0 Å². The molecule has 1 aliphatic heterocycles. The van der Waals surface area contributed by atoms with Crippen LogP contribution in [0.2, 0.25) is 4.34 Å². The minimum absolute atomic E-state index is 0.546. The standard InChI is InChI=1S/C8H10ClNOS/c9-8-6(3-10)5-1-2-11-4-7(5)12-8/h1-4,10H2. The molecule has 2 rings (SSSR count). The fourth-order valence-electron chi connectivity index (χ4n) is 1.47. The van der Waals surface area contributed by atoms with Gasteiger partial charge in [-0.3, -0.25) is 0 Å². The van der Waals surface area contributed by atoms with Crippen molar-refractivity contribution in [3.8, 4) is 0 Å². The van der Waals surface area contributed by atoms with Gasteiger partial charge in [-0.05, 0) is 17.5 Å². The van der Waals surface area contributed by atoms with Crippen LogP contribution in [0.1, 0.15) is 16.0 Å². The van der Waals surface area contributed by atoms with Crippen LogP contribution in [0.15, 0.2) is 0 Å². The molecule has 2 nitrogen and oxygen atoms in total. The van der Waals surface area contributed by atoms with Crippen molar-refractivity contribution < 1.29 is 4.74 Å². The highest BCUT2D eigenvalue weighted by Crippen LogP contribution is 2.35. The molecule has 2 heterocycles. The molecule has 0 saturated carbocycles. The van der Waals surface area contributed by atoms with E-state index >= 15 is 0 Å². The van der Waals surface area contributed by atoms with Gasteiger partial charge in [0, 0.05) is 11.4 Å². The van der Waals surface area contributed by atoms with Crippen LogP contribution in [-0.2, 0) is 24.3 Å². The highest BCUT2D eigenvalue weighted by molar-refractivity contribution is 7.16. The summed E-state index contributed by atoms with van der Waals surface area (Å²) in [5.41, 5.74) is 8.06. The maximum absolute atomic E-state index is 6.02. The number of nitrogens with two attached hydrogens (primary N) is 1. The van der Waals surface area contributed by atoms with Crippen molar-refractivity contribution in [2.75, 3.05) is 6.61 Å². The molecule has 0 fully saturated rings. The van der Waals surface area contributed by atoms with Crippen molar-refractivity contribution in [3.63, 3.8) is 0 Å². The summed E-state index contributed by atoms with van der Waals surface area (Å²) < 4.78 is 6.16. The molecule has 2 N–H and O–H groups in total. The predicted octanol–water partition coefficient (Wildman–Crippen LogP) is 1.93. The molecule has 0 atom stereocenters. The first-order chi connectivity index (χ1) is 5.83. The number of hydrogen-bond acceptors (Lipinski definition) is 3. The van der Waals surface area contributed by atoms with E-state index in [2.05, 4.69) is 0 Å². The summed E-state index contributed by atoms with van der Waals surface area (Å²) in [6, 6.07) is 0. The predicted molar refractivity (Wildman–Crippen MR) is 50.6 cm³/mol. The Bertz CT molecular complexity index is 297. The smallest absolute Gasteiger partial charge is 0.0979 e. The van der Waals surface area contributed by atoms with Crippen LogP contribution in [0.25, 0.3) is 0 Å². The molecule has 0 aromatic carbocycles. The Morgan fingerprint density at radius 3 is 3.17 bits per heavy atom. The first-order valence-corrected chi connectivity index (χ1v) is 5.09. The van der Waals surface area contributed by atoms with Gasteiger partial charge in [-0.15, -0.1) is 11.3 Å². The van der Waals surface area contributed by atoms with Gasteiger partial charge >= 0.3 is 0 Å². The lowest BCUT2D eigenvalue weighted by molar-refractivity contribution is 0.113. The van der Waals surface area contributed by atoms with E-state index in [9.17, 15) is 0 Å². The molecule has 1 aromatic rings. The molecule has 0 radical (unpaired) electrons. The van der Waals surface area contributed by atoms with Crippen molar-refractivity contribution in [2.45, 2.75) is 19.6 Å². The summed E-state index contributed by atoms with van der Waals surface area (Å²) in [5.74, 6) is 0. The third-order valence-electron chi connectivity index (χ3n) is 2.08. The molecule has 66 valence electrons. The van der Waals surface area contributed by atoms with Gasteiger partial charge in [0.25, 0.3) is 0 Å². The molecule has 0 spiro atoms. The minimum Gasteiger partial charge on any atom is -0.376 e. The van der Waals surface area contributed by atoms with E-state index in [0.717, 1.165) is 22.9 Å². The molecular weight excluding hydrogens is 194 g/mol. The van der Waals surface area contributed by atoms with Crippen LogP contribution in [0, 0.1) is 0 Å². The molecular formula is C8H10ClNOS. The van der Waals surface area contributed by atoms with Gasteiger partial charge in [0.15, 0.2) is 0 Å². The monoisotopic (exact) mass is 203 g/mol. The summed E-state index contributed by atoms with van der Waals surface area (Å²) in [7, 11) is 0. The van der Waals surface area contributed by atoms with Gasteiger partial charge in [0.05, 0.1) is 17.6 Å². The Morgan fingerprint density at radius 1 is 1.58 bits per heavy atom. The van der Waals surface area contributed by atoms with Crippen LogP contribution in [0.5, 0.6) is 0 Å². The van der Waals surface area contributed by atoms with Crippen LogP contribution in [0.3, 0.4) is 0 Å². The second-order valence-corrected chi connectivity index (χ2v) is 4.47. The Balaban J connectivity index is 2.46. The summed E-state index contributed by atoms with van der Waals surface area (Å²) in [5, 5.41) is 0. The van der Waals surface area contributed by atoms with Crippen LogP contribution in [0.4, 0.5) is 0 Å². The Hall–Kier alpha value is -0.0900. The molecule has 0 bridgehead atoms. The summed E-state index contributed by atoms with van der Waals surface area (Å²) in [4.78, 5) is 1.26. The van der Waals surface area contributed by atoms with Gasteiger partial charge in [0.1, 0.15) is 0 Å². The molecule has 0 saturated heterocycles. The van der Waals surface area contributed by atoms with Crippen LogP contribution >= 0.6 is 22.9 Å². The first kappa shape index (κ1) is 8.51. The SMILES string of the molecule is NCc1c(Cl)sc2c1CCOC2. The molecule has 0 aliphatic carbocycles. The van der Waals surface area contributed by atoms with E-state index in [0.29, 0.717) is 13.2 Å². The fraction of sp³-hybridized carbons (Fsp3) is 0.500. The van der Waals surface area contributed by atoms with Crippen LogP contribution in [-0.4, -0.2) is 6.61 Å². The lowest BCUT2D eigenvalue weighted by Gasteiger charge is -2.12. The second-order valence-electron chi connectivity index (χ2n) is 2.76. The Morgan fingerprint density at radius 2 is 2.42 bits per heavy atom. The van der Waals surface area contributed by atoms with Crippen molar-refractivity contribution in [1.82, 2.24) is 0 Å². The van der Waals surface area contributed by atoms with Gasteiger partial charge in [-0.25, -0.2) is 0 Å². The van der Waals surface area contributed by atoms with Gasteiger partial charge in [0.2, 0.25) is 0 Å². The van der Waals surface area contributed by atoms with Crippen LogP contribution < -0.4 is 5.73 Å². The first-order valence-electron chi connectivity index (χ1n) is 3.89. The number of halogens is 1. The van der Waals surface area contributed by atoms with Gasteiger partial charge in [-0.2, -0.15) is 0 Å². The number of rotatable bonds is 1. The van der Waals surface area contributed by atoms with Gasteiger partial charge < -0.3 is 10.5 Å². The molecule has 4 heteroatoms. The van der Waals surface area contributed by atoms with Gasteiger partial charge in [-0.1, -0.05) is 11.6 Å². The molecule has 1 aromatic heterocycles. The summed E-state index contributed by atoms with van der Waals surface area (Å²) in [6.45, 7) is 2.05. The lowest BCUT2D eigenvalue weighted by Crippen LogP contribution is -2.10. The van der Waals surface area contributed by atoms with Crippen molar-refractivity contribution in [2.24, 2.45) is 5.73 Å². The highest BCUT2D eigenvalue weighted by atomic mass is 35.5. The Labute approximate surface area is 80.3 Å². The average molecular weight is 204 g/mol. The minimum atomic E-state index is 0.546. The fourth-order valence-corrected chi connectivity index (χ4v) is 2.98. The zero-order valence-electron chi connectivity index (χ0n) is 6.60. The molecule has 0 unspecified atom stereocenters. The molecule has 0 amide bonds. The van der Waals surface area contributed by atoms with E-state index in [1.54, 1.807) is 11.3 Å². The highest BCUT2D eigenvalue weighted by Gasteiger charge is 2.18. The number of fused-ring (bicyclic) bond motifs is 1. The number of hydrogen-bond donors (Lipinski definition) is 1. The van der Waals surface area contributed by atoms with E-state index in [4.69, 9.17) is 22.1 Å². The topological polar surface area (TPSA) is 35.2 Å². The van der Waals surface area contributed by atoms with E-state index in [-0.39, 0.29) is 0 Å². The number of ether oxygens (including phenoxy) is 1. The van der Waals surface area contributed by atoms with E-state index in [1.165, 1.54) is 10.4 Å². The molecule has 1 aliphatic rings. The maximum atomic E-state index is 6.02. The summed E-state index contributed by atoms with van der Waals surface area (Å²) in [6.07, 6.45) is 0.963. The third-order valence-corrected chi connectivity index (χ3v) is 3.58. The zero-order chi connectivity index (χ0) is 8.55. The Kier molecular flexibility index (Phi) is 2.37. The summed E-state index contributed by atoms with van der Waals surface area (Å²) >= 11 is 7.62. The van der Waals surface area contributed by atoms with Crippen molar-refractivity contribution >= 4 is 22.9 Å². The third kappa shape index (κ3) is 1.27. The largest absolute Gasteiger partial charge is 0.376 e. The van der Waals surface area contributed by atoms with Crippen molar-refractivity contribution in [3.05, 3.63) is 20.3 Å². The normalized spacial score (nSPS) is 16.2.